The highest BCUT2D eigenvalue weighted by Crippen LogP contribution is 2.04. The van der Waals surface area contributed by atoms with Crippen LogP contribution >= 0.6 is 0 Å². The van der Waals surface area contributed by atoms with Crippen LogP contribution in [0.25, 0.3) is 0 Å². The van der Waals surface area contributed by atoms with Gasteiger partial charge in [-0.3, -0.25) is 0 Å². The zero-order valence-electron chi connectivity index (χ0n) is 10.3. The first kappa shape index (κ1) is 16.3. The number of ether oxygens (including phenoxy) is 1. The molecule has 4 nitrogen and oxygen atoms in total. The smallest absolute Gasteiger partial charge is 0.227 e. The molecule has 1 heterocycles. The van der Waals surface area contributed by atoms with E-state index in [1.54, 1.807) is 7.11 Å². The van der Waals surface area contributed by atoms with Crippen LogP contribution in [-0.4, -0.2) is 25.1 Å². The van der Waals surface area contributed by atoms with Gasteiger partial charge in [0.1, 0.15) is 13.3 Å². The Balaban J connectivity index is 0.00000256. The number of hydrogen-bond donors (Lipinski definition) is 1. The first-order chi connectivity index (χ1) is 7.77. The summed E-state index contributed by atoms with van der Waals surface area (Å²) in [5.41, 5.74) is 2.15. The molecule has 0 bridgehead atoms. The topological polar surface area (TPSA) is 45.7 Å². The van der Waals surface area contributed by atoms with Crippen LogP contribution in [0.4, 0.5) is 0 Å². The normalized spacial score (nSPS) is 10.5. The van der Waals surface area contributed by atoms with E-state index in [2.05, 4.69) is 11.2 Å². The fraction of sp³-hybridized carbons (Fsp3) is 0.500. The molecule has 0 aromatic carbocycles. The molecule has 0 aliphatic heterocycles. The van der Waals surface area contributed by atoms with Crippen molar-refractivity contribution in [2.75, 3.05) is 13.7 Å². The lowest BCUT2D eigenvalue weighted by atomic mass is 10.1. The van der Waals surface area contributed by atoms with E-state index in [9.17, 15) is 0 Å². The Hall–Kier alpha value is -0.690. The Morgan fingerprint density at radius 3 is 2.88 bits per heavy atom. The van der Waals surface area contributed by atoms with Gasteiger partial charge in [-0.05, 0) is 24.8 Å². The van der Waals surface area contributed by atoms with E-state index in [1.165, 1.54) is 11.8 Å². The fourth-order valence-corrected chi connectivity index (χ4v) is 1.55. The van der Waals surface area contributed by atoms with Crippen molar-refractivity contribution in [2.45, 2.75) is 19.3 Å². The summed E-state index contributed by atoms with van der Waals surface area (Å²) in [7, 11) is 3.64. The lowest BCUT2D eigenvalue weighted by Gasteiger charge is -2.01. The second kappa shape index (κ2) is 9.35. The molecule has 0 atom stereocenters. The lowest BCUT2D eigenvalue weighted by molar-refractivity contribution is -0.672. The van der Waals surface area contributed by atoms with Crippen LogP contribution in [0.1, 0.15) is 24.1 Å². The third-order valence-corrected chi connectivity index (χ3v) is 2.51. The van der Waals surface area contributed by atoms with Gasteiger partial charge in [-0.2, -0.15) is 0 Å². The zero-order valence-corrected chi connectivity index (χ0v) is 12.4. The molecule has 96 valence electrons. The van der Waals surface area contributed by atoms with Crippen LogP contribution in [0.3, 0.4) is 0 Å². The fourth-order valence-electron chi connectivity index (χ4n) is 1.55. The number of halogens is 1. The molecule has 1 N–H and O–H groups in total. The molecule has 1 rings (SSSR count). The maximum absolute atomic E-state index is 8.52. The minimum Gasteiger partial charge on any atom is -1.00 e. The predicted octanol–water partition coefficient (Wildman–Crippen LogP) is -1.71. The van der Waals surface area contributed by atoms with E-state index < -0.39 is 0 Å². The van der Waals surface area contributed by atoms with E-state index in [0.29, 0.717) is 0 Å². The first-order valence-electron chi connectivity index (χ1n) is 5.43. The van der Waals surface area contributed by atoms with Gasteiger partial charge >= 0.3 is 0 Å². The molecule has 0 spiro atoms. The van der Waals surface area contributed by atoms with Crippen molar-refractivity contribution in [1.29, 1.82) is 0 Å². The van der Waals surface area contributed by atoms with Crippen molar-refractivity contribution in [1.82, 2.24) is 0 Å². The van der Waals surface area contributed by atoms with E-state index in [-0.39, 0.29) is 24.0 Å². The summed E-state index contributed by atoms with van der Waals surface area (Å²) in [5, 5.41) is 11.6. The standard InChI is InChI=1S/C12H18N2O2.HI/c1-14-7-6-11(5-3-4-8-16-2)9-12(14)10-13-15;/h6-7,9-10H,3-5,8H2,1-2H3;1H. The maximum atomic E-state index is 8.52. The third-order valence-electron chi connectivity index (χ3n) is 2.51. The lowest BCUT2D eigenvalue weighted by Crippen LogP contribution is -3.00. The molecule has 0 unspecified atom stereocenters. The molecule has 0 radical (unpaired) electrons. The summed E-state index contributed by atoms with van der Waals surface area (Å²) in [6.45, 7) is 0.811. The van der Waals surface area contributed by atoms with Crippen LogP contribution in [0.5, 0.6) is 0 Å². The van der Waals surface area contributed by atoms with Gasteiger partial charge in [-0.15, -0.1) is 0 Å². The molecule has 17 heavy (non-hydrogen) atoms. The van der Waals surface area contributed by atoms with Gasteiger partial charge in [0.25, 0.3) is 0 Å². The monoisotopic (exact) mass is 350 g/mol. The van der Waals surface area contributed by atoms with Crippen molar-refractivity contribution in [3.05, 3.63) is 29.6 Å². The van der Waals surface area contributed by atoms with Crippen molar-refractivity contribution in [2.24, 2.45) is 12.2 Å². The van der Waals surface area contributed by atoms with Gasteiger partial charge in [-0.1, -0.05) is 5.16 Å². The molecule has 1 aromatic heterocycles. The van der Waals surface area contributed by atoms with Gasteiger partial charge < -0.3 is 33.9 Å². The van der Waals surface area contributed by atoms with Crippen molar-refractivity contribution >= 4 is 6.21 Å². The molecule has 0 fully saturated rings. The molecule has 0 saturated carbocycles. The predicted molar refractivity (Wildman–Crippen MR) is 61.8 cm³/mol. The molecule has 0 aliphatic rings. The number of oxime groups is 1. The minimum absolute atomic E-state index is 0. The van der Waals surface area contributed by atoms with Crippen molar-refractivity contribution < 1.29 is 38.5 Å². The third kappa shape index (κ3) is 5.97. The van der Waals surface area contributed by atoms with E-state index in [0.717, 1.165) is 31.6 Å². The molecular formula is C12H19IN2O2. The molecule has 5 heteroatoms. The van der Waals surface area contributed by atoms with E-state index >= 15 is 0 Å². The SMILES string of the molecule is COCCCCc1cc[n+](C)c(/C=N/O)c1.[I-]. The minimum atomic E-state index is 0. The zero-order chi connectivity index (χ0) is 11.8. The second-order valence-corrected chi connectivity index (χ2v) is 3.77. The molecule has 0 aliphatic carbocycles. The molecule has 0 saturated heterocycles. The molecular weight excluding hydrogens is 331 g/mol. The number of aromatic nitrogens is 1. The quantitative estimate of drug-likeness (QED) is 0.166. The summed E-state index contributed by atoms with van der Waals surface area (Å²) in [6.07, 6.45) is 6.62. The number of aryl methyl sites for hydroxylation is 2. The number of pyridine rings is 1. The van der Waals surface area contributed by atoms with Crippen LogP contribution in [0.15, 0.2) is 23.5 Å². The largest absolute Gasteiger partial charge is 1.00 e. The van der Waals surface area contributed by atoms with Gasteiger partial charge in [0.15, 0.2) is 6.20 Å². The van der Waals surface area contributed by atoms with Gasteiger partial charge in [0.2, 0.25) is 5.69 Å². The average molecular weight is 350 g/mol. The average Bonchev–Trinajstić information content (AvgIpc) is 2.29. The number of nitrogens with zero attached hydrogens (tertiary/aromatic N) is 2. The molecule has 0 amide bonds. The summed E-state index contributed by atoms with van der Waals surface area (Å²) in [6, 6.07) is 4.12. The van der Waals surface area contributed by atoms with Gasteiger partial charge in [0.05, 0.1) is 0 Å². The number of unbranched alkanes of at least 4 members (excludes halogenated alkanes) is 1. The highest BCUT2D eigenvalue weighted by molar-refractivity contribution is 5.74. The summed E-state index contributed by atoms with van der Waals surface area (Å²) >= 11 is 0. The van der Waals surface area contributed by atoms with Gasteiger partial charge in [0, 0.05) is 25.8 Å². The first-order valence-corrected chi connectivity index (χ1v) is 5.43. The number of methoxy groups -OCH3 is 1. The van der Waals surface area contributed by atoms with Crippen molar-refractivity contribution in [3.8, 4) is 0 Å². The Morgan fingerprint density at radius 2 is 2.24 bits per heavy atom. The maximum Gasteiger partial charge on any atom is 0.227 e. The summed E-state index contributed by atoms with van der Waals surface area (Å²) in [4.78, 5) is 0. The number of hydrogen-bond acceptors (Lipinski definition) is 3. The highest BCUT2D eigenvalue weighted by Gasteiger charge is 2.05. The second-order valence-electron chi connectivity index (χ2n) is 3.77. The Labute approximate surface area is 119 Å². The Morgan fingerprint density at radius 1 is 1.47 bits per heavy atom. The molecule has 1 aromatic rings. The highest BCUT2D eigenvalue weighted by atomic mass is 127. The Kier molecular flexibility index (Phi) is 8.97. The van der Waals surface area contributed by atoms with Gasteiger partial charge in [-0.25, -0.2) is 4.57 Å². The van der Waals surface area contributed by atoms with Crippen LogP contribution in [-0.2, 0) is 18.2 Å². The number of rotatable bonds is 6. The van der Waals surface area contributed by atoms with E-state index in [4.69, 9.17) is 9.94 Å². The summed E-state index contributed by atoms with van der Waals surface area (Å²) < 4.78 is 6.92. The summed E-state index contributed by atoms with van der Waals surface area (Å²) in [5.74, 6) is 0. The van der Waals surface area contributed by atoms with Crippen molar-refractivity contribution in [3.63, 3.8) is 0 Å². The van der Waals surface area contributed by atoms with E-state index in [1.807, 2.05) is 23.9 Å². The van der Waals surface area contributed by atoms with Crippen LogP contribution < -0.4 is 28.5 Å². The van der Waals surface area contributed by atoms with Crippen LogP contribution in [0.2, 0.25) is 0 Å². The van der Waals surface area contributed by atoms with Crippen LogP contribution in [0, 0.1) is 0 Å². The Bertz CT molecular complexity index is 356.